The summed E-state index contributed by atoms with van der Waals surface area (Å²) < 4.78 is 27.4. The molecule has 1 saturated heterocycles. The van der Waals surface area contributed by atoms with Crippen LogP contribution in [0.25, 0.3) is 0 Å². The van der Waals surface area contributed by atoms with E-state index >= 15 is 0 Å². The monoisotopic (exact) mass is 329 g/mol. The minimum atomic E-state index is -3.66. The number of nitrogens with one attached hydrogen (secondary N) is 1. The number of aliphatic hydroxyl groups is 2. The highest BCUT2D eigenvalue weighted by molar-refractivity contribution is 7.89. The smallest absolute Gasteiger partial charge is 0.244 e. The molecule has 1 aromatic heterocycles. The van der Waals surface area contributed by atoms with Gasteiger partial charge in [0.2, 0.25) is 10.0 Å². The average Bonchev–Trinajstić information content (AvgIpc) is 2.91. The first kappa shape index (κ1) is 17.1. The molecule has 0 aliphatic carbocycles. The second-order valence-electron chi connectivity index (χ2n) is 6.09. The molecule has 0 aromatic carbocycles. The number of aromatic nitrogens is 1. The van der Waals surface area contributed by atoms with E-state index in [4.69, 9.17) is 0 Å². The van der Waals surface area contributed by atoms with Crippen LogP contribution in [0.3, 0.4) is 0 Å². The molecule has 0 atom stereocenters. The lowest BCUT2D eigenvalue weighted by Gasteiger charge is -2.26. The molecule has 8 heteroatoms. The molecule has 2 heterocycles. The maximum Gasteiger partial charge on any atom is 0.244 e. The van der Waals surface area contributed by atoms with E-state index in [0.29, 0.717) is 25.3 Å². The molecular weight excluding hydrogens is 306 g/mol. The number of nitrogens with zero attached hydrogens (tertiary/aromatic N) is 2. The summed E-state index contributed by atoms with van der Waals surface area (Å²) in [6.07, 6.45) is 2.13. The van der Waals surface area contributed by atoms with Crippen molar-refractivity contribution >= 4 is 15.8 Å². The number of aliphatic hydroxyl groups excluding tert-OH is 2. The average molecular weight is 329 g/mol. The highest BCUT2D eigenvalue weighted by atomic mass is 32.2. The zero-order valence-electron chi connectivity index (χ0n) is 12.9. The van der Waals surface area contributed by atoms with Crippen LogP contribution >= 0.6 is 0 Å². The Morgan fingerprint density at radius 2 is 2.09 bits per heavy atom. The molecule has 1 aliphatic rings. The summed E-state index contributed by atoms with van der Waals surface area (Å²) in [5, 5.41) is 19.0. The first-order valence-corrected chi connectivity index (χ1v) is 8.76. The van der Waals surface area contributed by atoms with Crippen molar-refractivity contribution in [3.05, 3.63) is 18.3 Å². The zero-order chi connectivity index (χ0) is 16.4. The van der Waals surface area contributed by atoms with Crippen LogP contribution in [-0.2, 0) is 10.0 Å². The molecule has 1 aliphatic heterocycles. The van der Waals surface area contributed by atoms with Crippen molar-refractivity contribution in [2.45, 2.75) is 31.2 Å². The van der Waals surface area contributed by atoms with Crippen molar-refractivity contribution in [2.75, 3.05) is 31.2 Å². The number of hydrogen-bond acceptors (Lipinski definition) is 6. The molecule has 0 bridgehead atoms. The lowest BCUT2D eigenvalue weighted by molar-refractivity contribution is 0.0727. The Hall–Kier alpha value is -1.22. The van der Waals surface area contributed by atoms with E-state index in [9.17, 15) is 18.6 Å². The van der Waals surface area contributed by atoms with E-state index in [1.165, 1.54) is 6.07 Å². The van der Waals surface area contributed by atoms with Crippen molar-refractivity contribution in [1.82, 2.24) is 9.71 Å². The second-order valence-corrected chi connectivity index (χ2v) is 7.77. The molecule has 0 unspecified atom stereocenters. The van der Waals surface area contributed by atoms with Crippen LogP contribution in [-0.4, -0.2) is 56.0 Å². The van der Waals surface area contributed by atoms with Gasteiger partial charge in [0.25, 0.3) is 0 Å². The normalized spacial score (nSPS) is 18.1. The van der Waals surface area contributed by atoms with Gasteiger partial charge in [-0.3, -0.25) is 0 Å². The fourth-order valence-electron chi connectivity index (χ4n) is 2.63. The summed E-state index contributed by atoms with van der Waals surface area (Å²) in [5.41, 5.74) is -0.607. The maximum absolute atomic E-state index is 12.4. The van der Waals surface area contributed by atoms with Crippen LogP contribution in [0.1, 0.15) is 20.3 Å². The summed E-state index contributed by atoms with van der Waals surface area (Å²) in [6, 6.07) is 2.88. The number of hydrogen-bond donors (Lipinski definition) is 3. The Balaban J connectivity index is 2.35. The highest BCUT2D eigenvalue weighted by Crippen LogP contribution is 2.34. The fourth-order valence-corrected chi connectivity index (χ4v) is 4.05. The van der Waals surface area contributed by atoms with E-state index in [0.717, 1.165) is 0 Å². The minimum absolute atomic E-state index is 0.121. The van der Waals surface area contributed by atoms with Crippen LogP contribution in [0.2, 0.25) is 0 Å². The Kier molecular flexibility index (Phi) is 5.06. The van der Waals surface area contributed by atoms with Crippen molar-refractivity contribution in [2.24, 2.45) is 5.41 Å². The standard InChI is InChI=1S/C14H23N3O4S/c1-11(2)16-22(20,21)12-4-3-6-15-13(12)17-7-5-14(8-17,9-18)10-19/h3-4,6,11,16,18-19H,5,7-10H2,1-2H3. The summed E-state index contributed by atoms with van der Waals surface area (Å²) in [4.78, 5) is 6.14. The summed E-state index contributed by atoms with van der Waals surface area (Å²) >= 11 is 0. The van der Waals surface area contributed by atoms with Gasteiger partial charge < -0.3 is 15.1 Å². The molecule has 2 rings (SSSR count). The van der Waals surface area contributed by atoms with Gasteiger partial charge >= 0.3 is 0 Å². The van der Waals surface area contributed by atoms with Crippen molar-refractivity contribution in [3.8, 4) is 0 Å². The van der Waals surface area contributed by atoms with E-state index < -0.39 is 15.4 Å². The minimum Gasteiger partial charge on any atom is -0.396 e. The van der Waals surface area contributed by atoms with Crippen molar-refractivity contribution in [3.63, 3.8) is 0 Å². The first-order chi connectivity index (χ1) is 10.3. The SMILES string of the molecule is CC(C)NS(=O)(=O)c1cccnc1N1CCC(CO)(CO)C1. The number of anilines is 1. The van der Waals surface area contributed by atoms with Gasteiger partial charge in [-0.15, -0.1) is 0 Å². The van der Waals surface area contributed by atoms with Gasteiger partial charge in [0.05, 0.1) is 13.2 Å². The Labute approximate surface area is 131 Å². The quantitative estimate of drug-likeness (QED) is 0.676. The van der Waals surface area contributed by atoms with E-state index in [1.807, 2.05) is 0 Å². The van der Waals surface area contributed by atoms with Gasteiger partial charge in [0, 0.05) is 30.7 Å². The van der Waals surface area contributed by atoms with Gasteiger partial charge in [-0.2, -0.15) is 0 Å². The molecule has 0 amide bonds. The predicted molar refractivity (Wildman–Crippen MR) is 83.1 cm³/mol. The molecular formula is C14H23N3O4S. The summed E-state index contributed by atoms with van der Waals surface area (Å²) in [5.74, 6) is 0.361. The largest absolute Gasteiger partial charge is 0.396 e. The van der Waals surface area contributed by atoms with Gasteiger partial charge in [0.1, 0.15) is 10.7 Å². The molecule has 0 radical (unpaired) electrons. The highest BCUT2D eigenvalue weighted by Gasteiger charge is 2.39. The molecule has 1 fully saturated rings. The Bertz CT molecular complexity index is 614. The number of pyridine rings is 1. The number of sulfonamides is 1. The van der Waals surface area contributed by atoms with Gasteiger partial charge in [-0.05, 0) is 32.4 Å². The molecule has 0 spiro atoms. The summed E-state index contributed by atoms with van der Waals surface area (Å²) in [6.45, 7) is 4.15. The molecule has 124 valence electrons. The van der Waals surface area contributed by atoms with E-state index in [-0.39, 0.29) is 24.2 Å². The summed E-state index contributed by atoms with van der Waals surface area (Å²) in [7, 11) is -3.66. The third kappa shape index (κ3) is 3.40. The van der Waals surface area contributed by atoms with Gasteiger partial charge in [-0.25, -0.2) is 18.1 Å². The predicted octanol–water partition coefficient (Wildman–Crippen LogP) is -0.0506. The topological polar surface area (TPSA) is 103 Å². The lowest BCUT2D eigenvalue weighted by Crippen LogP contribution is -2.35. The molecule has 0 saturated carbocycles. The van der Waals surface area contributed by atoms with Crippen LogP contribution < -0.4 is 9.62 Å². The van der Waals surface area contributed by atoms with E-state index in [1.54, 1.807) is 31.0 Å². The van der Waals surface area contributed by atoms with Crippen LogP contribution in [0.5, 0.6) is 0 Å². The maximum atomic E-state index is 12.4. The number of rotatable bonds is 6. The fraction of sp³-hybridized carbons (Fsp3) is 0.643. The van der Waals surface area contributed by atoms with Crippen molar-refractivity contribution < 1.29 is 18.6 Å². The molecule has 7 nitrogen and oxygen atoms in total. The second kappa shape index (κ2) is 6.49. The van der Waals surface area contributed by atoms with Gasteiger partial charge in [-0.1, -0.05) is 0 Å². The molecule has 22 heavy (non-hydrogen) atoms. The third-order valence-electron chi connectivity index (χ3n) is 3.84. The van der Waals surface area contributed by atoms with Gasteiger partial charge in [0.15, 0.2) is 0 Å². The van der Waals surface area contributed by atoms with E-state index in [2.05, 4.69) is 9.71 Å². The first-order valence-electron chi connectivity index (χ1n) is 7.27. The third-order valence-corrected chi connectivity index (χ3v) is 5.52. The van der Waals surface area contributed by atoms with Crippen molar-refractivity contribution in [1.29, 1.82) is 0 Å². The molecule has 3 N–H and O–H groups in total. The van der Waals surface area contributed by atoms with Crippen LogP contribution in [0.15, 0.2) is 23.2 Å². The van der Waals surface area contributed by atoms with Crippen LogP contribution in [0, 0.1) is 5.41 Å². The zero-order valence-corrected chi connectivity index (χ0v) is 13.7. The Morgan fingerprint density at radius 1 is 1.41 bits per heavy atom. The lowest BCUT2D eigenvalue weighted by atomic mass is 9.89. The van der Waals surface area contributed by atoms with Crippen LogP contribution in [0.4, 0.5) is 5.82 Å². The Morgan fingerprint density at radius 3 is 2.64 bits per heavy atom. The molecule has 1 aromatic rings.